The van der Waals surface area contributed by atoms with Gasteiger partial charge in [0.1, 0.15) is 41.7 Å². The van der Waals surface area contributed by atoms with Crippen LogP contribution in [0.4, 0.5) is 5.69 Å². The predicted molar refractivity (Wildman–Crippen MR) is 166 cm³/mol. The van der Waals surface area contributed by atoms with Gasteiger partial charge in [-0.15, -0.1) is 11.3 Å². The standard InChI is InChI=1S/C34H30N4O3S/c1-34(2)31(30(22-37)33(41-34)26(20-35)21-36)16-15-29-14-13-28(42-29)12-10-25-9-11-27(38(3)17-18-39)19-32(25)40-23-24-7-5-4-6-8-24/h4-16,19,39H,17-18,23H2,1-3H3/b12-10+,16-15+. The third-order valence-corrected chi connectivity index (χ3v) is 7.68. The molecule has 0 spiro atoms. The average molecular weight is 575 g/mol. The maximum atomic E-state index is 9.75. The molecule has 42 heavy (non-hydrogen) atoms. The topological polar surface area (TPSA) is 113 Å². The van der Waals surface area contributed by atoms with E-state index in [9.17, 15) is 20.9 Å². The Hall–Kier alpha value is -5.07. The van der Waals surface area contributed by atoms with Crippen LogP contribution in [0.1, 0.15) is 34.7 Å². The minimum atomic E-state index is -0.858. The number of ether oxygens (including phenoxy) is 2. The Bertz CT molecular complexity index is 1680. The molecule has 0 amide bonds. The number of thiophene rings is 1. The number of benzene rings is 2. The maximum Gasteiger partial charge on any atom is 0.172 e. The second kappa shape index (κ2) is 13.5. The van der Waals surface area contributed by atoms with Gasteiger partial charge >= 0.3 is 0 Å². The Kier molecular flexibility index (Phi) is 9.63. The van der Waals surface area contributed by atoms with Gasteiger partial charge in [-0.3, -0.25) is 0 Å². The molecule has 7 nitrogen and oxygen atoms in total. The maximum absolute atomic E-state index is 9.75. The highest BCUT2D eigenvalue weighted by atomic mass is 32.1. The zero-order chi connectivity index (χ0) is 30.1. The summed E-state index contributed by atoms with van der Waals surface area (Å²) in [7, 11) is 1.93. The number of hydrogen-bond acceptors (Lipinski definition) is 8. The van der Waals surface area contributed by atoms with Crippen molar-refractivity contribution in [1.82, 2.24) is 0 Å². The molecular weight excluding hydrogens is 544 g/mol. The van der Waals surface area contributed by atoms with Crippen LogP contribution < -0.4 is 9.64 Å². The number of nitrogens with zero attached hydrogens (tertiary/aromatic N) is 4. The second-order valence-corrected chi connectivity index (χ2v) is 11.1. The molecule has 4 rings (SSSR count). The number of aliphatic hydroxyl groups excluding tert-OH is 1. The predicted octanol–water partition coefficient (Wildman–Crippen LogP) is 6.87. The average Bonchev–Trinajstić information content (AvgIpc) is 3.55. The van der Waals surface area contributed by atoms with Crippen molar-refractivity contribution in [2.24, 2.45) is 0 Å². The van der Waals surface area contributed by atoms with E-state index in [-0.39, 0.29) is 23.5 Å². The molecule has 0 aliphatic carbocycles. The van der Waals surface area contributed by atoms with Gasteiger partial charge in [0.15, 0.2) is 11.3 Å². The highest BCUT2D eigenvalue weighted by molar-refractivity contribution is 7.13. The van der Waals surface area contributed by atoms with E-state index in [0.717, 1.165) is 32.3 Å². The van der Waals surface area contributed by atoms with Crippen LogP contribution in [0.5, 0.6) is 5.75 Å². The highest BCUT2D eigenvalue weighted by Crippen LogP contribution is 2.40. The van der Waals surface area contributed by atoms with Crippen LogP contribution in [0.3, 0.4) is 0 Å². The van der Waals surface area contributed by atoms with Crippen molar-refractivity contribution in [1.29, 1.82) is 15.8 Å². The van der Waals surface area contributed by atoms with Crippen LogP contribution in [0.15, 0.2) is 89.2 Å². The first kappa shape index (κ1) is 29.9. The molecule has 1 aromatic heterocycles. The Morgan fingerprint density at radius 1 is 0.976 bits per heavy atom. The number of aliphatic hydroxyl groups is 1. The summed E-state index contributed by atoms with van der Waals surface area (Å²) in [6.07, 6.45) is 7.76. The molecule has 0 saturated heterocycles. The SMILES string of the molecule is CN(CCO)c1ccc(/C=C/c2ccc(/C=C/C3=C(C#N)C(=C(C#N)C#N)OC3(C)C)s2)c(OCc2ccccc2)c1. The van der Waals surface area contributed by atoms with Crippen LogP contribution in [0, 0.1) is 34.0 Å². The van der Waals surface area contributed by atoms with E-state index in [1.165, 1.54) is 0 Å². The van der Waals surface area contributed by atoms with Gasteiger partial charge in [-0.05, 0) is 61.9 Å². The largest absolute Gasteiger partial charge is 0.488 e. The summed E-state index contributed by atoms with van der Waals surface area (Å²) in [6.45, 7) is 4.62. The van der Waals surface area contributed by atoms with Gasteiger partial charge in [0, 0.05) is 46.2 Å². The molecule has 0 fully saturated rings. The van der Waals surface area contributed by atoms with Crippen molar-refractivity contribution < 1.29 is 14.6 Å². The molecule has 0 bridgehead atoms. The molecule has 2 aromatic carbocycles. The Morgan fingerprint density at radius 2 is 1.67 bits per heavy atom. The van der Waals surface area contributed by atoms with E-state index in [0.29, 0.717) is 18.7 Å². The van der Waals surface area contributed by atoms with Gasteiger partial charge in [-0.1, -0.05) is 36.4 Å². The quantitative estimate of drug-likeness (QED) is 0.263. The van der Waals surface area contributed by atoms with Crippen molar-refractivity contribution in [3.8, 4) is 24.0 Å². The van der Waals surface area contributed by atoms with Crippen molar-refractivity contribution >= 4 is 35.3 Å². The Labute approximate surface area is 250 Å². The van der Waals surface area contributed by atoms with Crippen LogP contribution in [-0.2, 0) is 11.3 Å². The van der Waals surface area contributed by atoms with Gasteiger partial charge in [0.2, 0.25) is 0 Å². The minimum absolute atomic E-state index is 0.0285. The summed E-state index contributed by atoms with van der Waals surface area (Å²) >= 11 is 1.58. The third kappa shape index (κ3) is 6.97. The van der Waals surface area contributed by atoms with E-state index in [4.69, 9.17) is 9.47 Å². The summed E-state index contributed by atoms with van der Waals surface area (Å²) < 4.78 is 12.1. The summed E-state index contributed by atoms with van der Waals surface area (Å²) in [5, 5.41) is 37.7. The zero-order valence-corrected chi connectivity index (χ0v) is 24.5. The van der Waals surface area contributed by atoms with Crippen LogP contribution >= 0.6 is 11.3 Å². The number of nitriles is 3. The number of likely N-dealkylation sites (N-methyl/N-ethyl adjacent to an activating group) is 1. The number of allylic oxidation sites excluding steroid dienone is 2. The lowest BCUT2D eigenvalue weighted by Gasteiger charge is -2.20. The molecule has 210 valence electrons. The molecular formula is C34H30N4O3S. The van der Waals surface area contributed by atoms with Gasteiger partial charge in [0.05, 0.1) is 6.61 Å². The smallest absolute Gasteiger partial charge is 0.172 e. The molecule has 0 unspecified atom stereocenters. The first-order valence-corrected chi connectivity index (χ1v) is 14.1. The van der Waals surface area contributed by atoms with Gasteiger partial charge in [-0.25, -0.2) is 0 Å². The summed E-state index contributed by atoms with van der Waals surface area (Å²) in [5.74, 6) is 0.771. The molecule has 1 aliphatic rings. The second-order valence-electron chi connectivity index (χ2n) is 9.99. The fourth-order valence-corrected chi connectivity index (χ4v) is 5.22. The molecule has 0 radical (unpaired) electrons. The molecule has 2 heterocycles. The van der Waals surface area contributed by atoms with Gasteiger partial charge in [0.25, 0.3) is 0 Å². The van der Waals surface area contributed by atoms with Crippen LogP contribution in [0.25, 0.3) is 18.2 Å². The van der Waals surface area contributed by atoms with E-state index in [1.54, 1.807) is 25.2 Å². The highest BCUT2D eigenvalue weighted by Gasteiger charge is 2.38. The Morgan fingerprint density at radius 3 is 2.31 bits per heavy atom. The third-order valence-electron chi connectivity index (χ3n) is 6.66. The Balaban J connectivity index is 1.57. The van der Waals surface area contributed by atoms with E-state index in [1.807, 2.05) is 109 Å². The summed E-state index contributed by atoms with van der Waals surface area (Å²) in [6, 6.07) is 25.7. The fraction of sp³-hybridized carbons (Fsp3) is 0.206. The number of rotatable bonds is 10. The summed E-state index contributed by atoms with van der Waals surface area (Å²) in [5.41, 5.74) is 2.68. The molecule has 1 aliphatic heterocycles. The monoisotopic (exact) mass is 574 g/mol. The van der Waals surface area contributed by atoms with Crippen LogP contribution in [-0.4, -0.2) is 30.9 Å². The lowest BCUT2D eigenvalue weighted by Crippen LogP contribution is -2.21. The number of hydrogen-bond donors (Lipinski definition) is 1. The first-order chi connectivity index (χ1) is 20.3. The van der Waals surface area contributed by atoms with Crippen molar-refractivity contribution in [2.45, 2.75) is 26.1 Å². The van der Waals surface area contributed by atoms with Crippen LogP contribution in [0.2, 0.25) is 0 Å². The zero-order valence-electron chi connectivity index (χ0n) is 23.7. The van der Waals surface area contributed by atoms with E-state index in [2.05, 4.69) is 6.07 Å². The lowest BCUT2D eigenvalue weighted by molar-refractivity contribution is 0.0954. The van der Waals surface area contributed by atoms with Crippen molar-refractivity contribution in [2.75, 3.05) is 25.1 Å². The molecule has 1 N–H and O–H groups in total. The van der Waals surface area contributed by atoms with Gasteiger partial charge < -0.3 is 19.5 Å². The molecule has 0 atom stereocenters. The van der Waals surface area contributed by atoms with Crippen molar-refractivity contribution in [3.05, 3.63) is 110 Å². The summed E-state index contributed by atoms with van der Waals surface area (Å²) in [4.78, 5) is 3.97. The molecule has 8 heteroatoms. The minimum Gasteiger partial charge on any atom is -0.488 e. The normalized spacial score (nSPS) is 14.0. The van der Waals surface area contributed by atoms with E-state index >= 15 is 0 Å². The molecule has 3 aromatic rings. The van der Waals surface area contributed by atoms with E-state index < -0.39 is 5.60 Å². The lowest BCUT2D eigenvalue weighted by atomic mass is 9.94. The van der Waals surface area contributed by atoms with Gasteiger partial charge in [-0.2, -0.15) is 15.8 Å². The van der Waals surface area contributed by atoms with Crippen molar-refractivity contribution in [3.63, 3.8) is 0 Å². The fourth-order valence-electron chi connectivity index (χ4n) is 4.40. The first-order valence-electron chi connectivity index (χ1n) is 13.3. The molecule has 0 saturated carbocycles. The number of anilines is 1.